The van der Waals surface area contributed by atoms with Crippen molar-refractivity contribution in [3.63, 3.8) is 0 Å². The molecule has 4 heterocycles. The molecular weight excluding hydrogens is 354 g/mol. The van der Waals surface area contributed by atoms with E-state index in [1.165, 1.54) is 6.33 Å². The molecule has 0 aromatic carbocycles. The minimum atomic E-state index is -2.76. The molecule has 3 aromatic heterocycles. The van der Waals surface area contributed by atoms with Crippen LogP contribution in [0, 0.1) is 11.3 Å². The number of nitrogens with zero attached hydrogens (tertiary/aromatic N) is 6. The van der Waals surface area contributed by atoms with Crippen molar-refractivity contribution >= 4 is 21.8 Å². The Labute approximate surface area is 151 Å². The van der Waals surface area contributed by atoms with Gasteiger partial charge in [0.25, 0.3) is 0 Å². The van der Waals surface area contributed by atoms with E-state index in [1.54, 1.807) is 23.8 Å². The molecule has 1 saturated heterocycles. The molecule has 0 amide bonds. The highest BCUT2D eigenvalue weighted by Gasteiger charge is 2.49. The summed E-state index contributed by atoms with van der Waals surface area (Å²) >= 11 is 0. The summed E-state index contributed by atoms with van der Waals surface area (Å²) in [6.07, 6.45) is 7.10. The van der Waals surface area contributed by atoms with Crippen LogP contribution < -0.4 is 0 Å². The second-order valence-electron chi connectivity index (χ2n) is 6.41. The molecule has 4 rings (SSSR count). The fraction of sp³-hybridized carbons (Fsp3) is 0.375. The average molecular weight is 373 g/mol. The normalized spacial score (nSPS) is 17.8. The SMILES string of the molecule is CCS(O)(O)N1CC(CC#N)(n2cnc(-c3ncnc4[nH]ccc34)c2)C1. The lowest BCUT2D eigenvalue weighted by Gasteiger charge is -2.57. The predicted molar refractivity (Wildman–Crippen MR) is 98.3 cm³/mol. The Hall–Kier alpha value is -2.45. The third kappa shape index (κ3) is 2.57. The lowest BCUT2D eigenvalue weighted by molar-refractivity contribution is 0.0745. The highest BCUT2D eigenvalue weighted by Crippen LogP contribution is 2.51. The smallest absolute Gasteiger partial charge is 0.141 e. The first-order valence-corrected chi connectivity index (χ1v) is 9.87. The van der Waals surface area contributed by atoms with Crippen molar-refractivity contribution in [1.82, 2.24) is 28.8 Å². The Kier molecular flexibility index (Phi) is 3.96. The molecule has 3 N–H and O–H groups in total. The van der Waals surface area contributed by atoms with Crippen molar-refractivity contribution in [2.24, 2.45) is 0 Å². The fourth-order valence-corrected chi connectivity index (χ4v) is 4.55. The Morgan fingerprint density at radius 2 is 2.15 bits per heavy atom. The second-order valence-corrected chi connectivity index (χ2v) is 8.76. The Bertz CT molecular complexity index is 984. The number of fused-ring (bicyclic) bond motifs is 1. The first kappa shape index (κ1) is 17.0. The summed E-state index contributed by atoms with van der Waals surface area (Å²) in [5.74, 6) is 0.275. The van der Waals surface area contributed by atoms with Crippen LogP contribution in [0.1, 0.15) is 13.3 Å². The van der Waals surface area contributed by atoms with Crippen molar-refractivity contribution in [2.75, 3.05) is 18.8 Å². The Balaban J connectivity index is 1.66. The maximum atomic E-state index is 10.1. The lowest BCUT2D eigenvalue weighted by Crippen LogP contribution is -2.62. The number of nitrogens with one attached hydrogen (secondary N) is 1. The Morgan fingerprint density at radius 1 is 1.35 bits per heavy atom. The highest BCUT2D eigenvalue weighted by atomic mass is 32.3. The number of hydrogen-bond acceptors (Lipinski definition) is 7. The van der Waals surface area contributed by atoms with Crippen LogP contribution in [-0.2, 0) is 5.54 Å². The van der Waals surface area contributed by atoms with Gasteiger partial charge in [0.05, 0.1) is 30.1 Å². The summed E-state index contributed by atoms with van der Waals surface area (Å²) in [6.45, 7) is 2.54. The van der Waals surface area contributed by atoms with Gasteiger partial charge in [0, 0.05) is 30.9 Å². The van der Waals surface area contributed by atoms with Gasteiger partial charge in [-0.2, -0.15) is 5.26 Å². The molecule has 0 radical (unpaired) electrons. The molecule has 136 valence electrons. The van der Waals surface area contributed by atoms with E-state index in [0.29, 0.717) is 18.8 Å². The van der Waals surface area contributed by atoms with Gasteiger partial charge in [0.2, 0.25) is 0 Å². The monoisotopic (exact) mass is 373 g/mol. The molecule has 1 aliphatic rings. The van der Waals surface area contributed by atoms with Gasteiger partial charge in [-0.1, -0.05) is 0 Å². The van der Waals surface area contributed by atoms with Crippen molar-refractivity contribution < 1.29 is 9.11 Å². The number of rotatable bonds is 5. The van der Waals surface area contributed by atoms with E-state index < -0.39 is 16.3 Å². The van der Waals surface area contributed by atoms with Gasteiger partial charge in [-0.25, -0.2) is 19.3 Å². The van der Waals surface area contributed by atoms with Crippen LogP contribution in [0.15, 0.2) is 31.1 Å². The molecular formula is C16H19N7O2S. The minimum absolute atomic E-state index is 0.266. The molecule has 26 heavy (non-hydrogen) atoms. The zero-order chi connectivity index (χ0) is 18.4. The topological polar surface area (TPSA) is 127 Å². The number of H-pyrrole nitrogens is 1. The molecule has 0 unspecified atom stereocenters. The molecule has 10 heteroatoms. The molecule has 3 aromatic rings. The minimum Gasteiger partial charge on any atom is -0.346 e. The third-order valence-electron chi connectivity index (χ3n) is 4.88. The van der Waals surface area contributed by atoms with E-state index >= 15 is 0 Å². The van der Waals surface area contributed by atoms with Gasteiger partial charge in [-0.15, -0.1) is 10.8 Å². The van der Waals surface area contributed by atoms with E-state index in [4.69, 9.17) is 0 Å². The van der Waals surface area contributed by atoms with Crippen molar-refractivity contribution in [2.45, 2.75) is 18.9 Å². The molecule has 0 bridgehead atoms. The first-order chi connectivity index (χ1) is 12.5. The van der Waals surface area contributed by atoms with E-state index in [0.717, 1.165) is 16.7 Å². The summed E-state index contributed by atoms with van der Waals surface area (Å²) < 4.78 is 23.7. The zero-order valence-corrected chi connectivity index (χ0v) is 15.0. The third-order valence-corrected chi connectivity index (χ3v) is 6.74. The summed E-state index contributed by atoms with van der Waals surface area (Å²) in [4.78, 5) is 16.0. The predicted octanol–water partition coefficient (Wildman–Crippen LogP) is 2.43. The molecule has 0 saturated carbocycles. The fourth-order valence-electron chi connectivity index (χ4n) is 3.29. The van der Waals surface area contributed by atoms with Crippen LogP contribution in [0.25, 0.3) is 22.4 Å². The summed E-state index contributed by atoms with van der Waals surface area (Å²) in [6, 6.07) is 4.11. The van der Waals surface area contributed by atoms with Gasteiger partial charge in [-0.3, -0.25) is 9.11 Å². The standard InChI is InChI=1S/C16H19N7O2S/c1-2-26(24,25)23-8-16(9-23,4-5-17)22-7-13(21-11-22)14-12-3-6-18-15(12)20-10-19-14/h3,6-7,10-11,24-25H,2,4,8-9H2,1H3,(H,18,19,20). The van der Waals surface area contributed by atoms with Crippen LogP contribution in [-0.4, -0.2) is 56.8 Å². The van der Waals surface area contributed by atoms with E-state index in [1.807, 2.05) is 16.8 Å². The molecule has 9 nitrogen and oxygen atoms in total. The molecule has 1 aliphatic heterocycles. The van der Waals surface area contributed by atoms with Crippen LogP contribution in [0.5, 0.6) is 0 Å². The maximum absolute atomic E-state index is 10.1. The first-order valence-electron chi connectivity index (χ1n) is 8.20. The van der Waals surface area contributed by atoms with Gasteiger partial charge < -0.3 is 9.55 Å². The van der Waals surface area contributed by atoms with E-state index in [9.17, 15) is 14.4 Å². The zero-order valence-electron chi connectivity index (χ0n) is 14.2. The lowest BCUT2D eigenvalue weighted by atomic mass is 9.89. The quantitative estimate of drug-likeness (QED) is 0.627. The van der Waals surface area contributed by atoms with Crippen molar-refractivity contribution in [1.29, 1.82) is 5.26 Å². The largest absolute Gasteiger partial charge is 0.346 e. The average Bonchev–Trinajstić information content (AvgIpc) is 3.26. The molecule has 1 fully saturated rings. The van der Waals surface area contributed by atoms with E-state index in [-0.39, 0.29) is 12.2 Å². The molecule has 0 spiro atoms. The number of nitriles is 1. The summed E-state index contributed by atoms with van der Waals surface area (Å²) in [7, 11) is -2.76. The van der Waals surface area contributed by atoms with Gasteiger partial charge >= 0.3 is 0 Å². The van der Waals surface area contributed by atoms with Crippen LogP contribution in [0.3, 0.4) is 0 Å². The summed E-state index contributed by atoms with van der Waals surface area (Å²) in [5, 5.41) is 10.1. The second kappa shape index (κ2) is 6.07. The van der Waals surface area contributed by atoms with Gasteiger partial charge in [0.15, 0.2) is 0 Å². The highest BCUT2D eigenvalue weighted by molar-refractivity contribution is 8.22. The van der Waals surface area contributed by atoms with Crippen molar-refractivity contribution in [3.8, 4) is 17.5 Å². The van der Waals surface area contributed by atoms with Crippen LogP contribution in [0.4, 0.5) is 0 Å². The van der Waals surface area contributed by atoms with Gasteiger partial charge in [-0.05, 0) is 13.0 Å². The number of aromatic nitrogens is 5. The Morgan fingerprint density at radius 3 is 2.88 bits per heavy atom. The molecule has 0 aliphatic carbocycles. The van der Waals surface area contributed by atoms with Crippen molar-refractivity contribution in [3.05, 3.63) is 31.1 Å². The number of imidazole rings is 1. The number of aromatic amines is 1. The molecule has 0 atom stereocenters. The van der Waals surface area contributed by atoms with Crippen LogP contribution >= 0.6 is 10.8 Å². The van der Waals surface area contributed by atoms with Crippen LogP contribution in [0.2, 0.25) is 0 Å². The van der Waals surface area contributed by atoms with E-state index in [2.05, 4.69) is 26.0 Å². The summed E-state index contributed by atoms with van der Waals surface area (Å²) in [5.41, 5.74) is 1.64. The maximum Gasteiger partial charge on any atom is 0.141 e. The van der Waals surface area contributed by atoms with Gasteiger partial charge in [0.1, 0.15) is 23.4 Å². The number of hydrogen-bond donors (Lipinski definition) is 3.